The van der Waals surface area contributed by atoms with E-state index in [1.54, 1.807) is 6.07 Å². The van der Waals surface area contributed by atoms with E-state index in [0.717, 1.165) is 13.0 Å². The van der Waals surface area contributed by atoms with Crippen molar-refractivity contribution in [2.75, 3.05) is 6.54 Å². The van der Waals surface area contributed by atoms with Crippen molar-refractivity contribution in [3.05, 3.63) is 23.7 Å². The molecule has 0 spiro atoms. The molecule has 0 radical (unpaired) electrons. The summed E-state index contributed by atoms with van der Waals surface area (Å²) >= 11 is 0. The molecular weight excluding hydrogens is 194 g/mol. The van der Waals surface area contributed by atoms with Crippen LogP contribution in [0.2, 0.25) is 0 Å². The second-order valence-electron chi connectivity index (χ2n) is 3.72. The van der Waals surface area contributed by atoms with Crippen LogP contribution in [0.25, 0.3) is 0 Å². The lowest BCUT2D eigenvalue weighted by atomic mass is 10.1. The number of carboxylic acids is 1. The average Bonchev–Trinajstić information content (AvgIpc) is 2.66. The van der Waals surface area contributed by atoms with Gasteiger partial charge in [0.2, 0.25) is 5.76 Å². The minimum Gasteiger partial charge on any atom is -0.475 e. The Hall–Kier alpha value is -1.29. The Morgan fingerprint density at radius 3 is 2.87 bits per heavy atom. The molecule has 4 nitrogen and oxygen atoms in total. The molecule has 1 aromatic rings. The van der Waals surface area contributed by atoms with Gasteiger partial charge in [0.05, 0.1) is 6.54 Å². The van der Waals surface area contributed by atoms with Gasteiger partial charge in [0, 0.05) is 0 Å². The molecule has 1 rings (SSSR count). The first-order valence-corrected chi connectivity index (χ1v) is 5.16. The molecule has 0 aliphatic rings. The third kappa shape index (κ3) is 3.75. The Bertz CT molecular complexity index is 319. The second-order valence-corrected chi connectivity index (χ2v) is 3.72. The summed E-state index contributed by atoms with van der Waals surface area (Å²) in [4.78, 5) is 10.5. The SMILES string of the molecule is CCC(C)CNCc1ccc(C(=O)O)o1. The Morgan fingerprint density at radius 1 is 1.60 bits per heavy atom. The maximum Gasteiger partial charge on any atom is 0.371 e. The summed E-state index contributed by atoms with van der Waals surface area (Å²) in [7, 11) is 0. The van der Waals surface area contributed by atoms with Crippen LogP contribution < -0.4 is 5.32 Å². The topological polar surface area (TPSA) is 62.5 Å². The van der Waals surface area contributed by atoms with Crippen molar-refractivity contribution >= 4 is 5.97 Å². The van der Waals surface area contributed by atoms with Crippen LogP contribution >= 0.6 is 0 Å². The van der Waals surface area contributed by atoms with Crippen molar-refractivity contribution in [2.45, 2.75) is 26.8 Å². The Kier molecular flexibility index (Phi) is 4.37. The van der Waals surface area contributed by atoms with Crippen molar-refractivity contribution < 1.29 is 14.3 Å². The molecule has 0 aliphatic carbocycles. The van der Waals surface area contributed by atoms with Gasteiger partial charge in [-0.05, 0) is 24.6 Å². The zero-order valence-electron chi connectivity index (χ0n) is 9.12. The summed E-state index contributed by atoms with van der Waals surface area (Å²) < 4.78 is 5.10. The van der Waals surface area contributed by atoms with E-state index in [9.17, 15) is 4.79 Å². The lowest BCUT2D eigenvalue weighted by molar-refractivity contribution is 0.0660. The maximum atomic E-state index is 10.5. The van der Waals surface area contributed by atoms with Gasteiger partial charge in [-0.25, -0.2) is 4.79 Å². The lowest BCUT2D eigenvalue weighted by Crippen LogP contribution is -2.19. The van der Waals surface area contributed by atoms with Gasteiger partial charge in [0.15, 0.2) is 0 Å². The Balaban J connectivity index is 2.35. The van der Waals surface area contributed by atoms with Gasteiger partial charge in [-0.1, -0.05) is 20.3 Å². The molecule has 84 valence electrons. The van der Waals surface area contributed by atoms with Gasteiger partial charge in [0.25, 0.3) is 0 Å². The number of hydrogen-bond donors (Lipinski definition) is 2. The largest absolute Gasteiger partial charge is 0.475 e. The van der Waals surface area contributed by atoms with Crippen molar-refractivity contribution in [1.29, 1.82) is 0 Å². The highest BCUT2D eigenvalue weighted by Gasteiger charge is 2.08. The van der Waals surface area contributed by atoms with Crippen LogP contribution in [0.4, 0.5) is 0 Å². The molecule has 4 heteroatoms. The van der Waals surface area contributed by atoms with Crippen LogP contribution in [-0.4, -0.2) is 17.6 Å². The number of aromatic carboxylic acids is 1. The fraction of sp³-hybridized carbons (Fsp3) is 0.545. The summed E-state index contributed by atoms with van der Waals surface area (Å²) in [6, 6.07) is 3.16. The fourth-order valence-electron chi connectivity index (χ4n) is 1.17. The number of furan rings is 1. The summed E-state index contributed by atoms with van der Waals surface area (Å²) in [6.07, 6.45) is 1.13. The van der Waals surface area contributed by atoms with E-state index in [2.05, 4.69) is 19.2 Å². The molecule has 2 N–H and O–H groups in total. The lowest BCUT2D eigenvalue weighted by Gasteiger charge is -2.08. The molecule has 0 aromatic carbocycles. The Labute approximate surface area is 89.3 Å². The van der Waals surface area contributed by atoms with Crippen LogP contribution in [0, 0.1) is 5.92 Å². The van der Waals surface area contributed by atoms with Crippen LogP contribution in [-0.2, 0) is 6.54 Å². The normalized spacial score (nSPS) is 12.7. The number of nitrogens with one attached hydrogen (secondary N) is 1. The van der Waals surface area contributed by atoms with E-state index in [1.807, 2.05) is 0 Å². The van der Waals surface area contributed by atoms with E-state index in [4.69, 9.17) is 9.52 Å². The smallest absolute Gasteiger partial charge is 0.371 e. The van der Waals surface area contributed by atoms with Gasteiger partial charge in [0.1, 0.15) is 5.76 Å². The van der Waals surface area contributed by atoms with E-state index in [0.29, 0.717) is 18.2 Å². The highest BCUT2D eigenvalue weighted by Crippen LogP contribution is 2.07. The number of rotatable bonds is 6. The van der Waals surface area contributed by atoms with Crippen molar-refractivity contribution in [1.82, 2.24) is 5.32 Å². The molecule has 1 aromatic heterocycles. The first kappa shape index (κ1) is 11.8. The van der Waals surface area contributed by atoms with Gasteiger partial charge in [-0.2, -0.15) is 0 Å². The summed E-state index contributed by atoms with van der Waals surface area (Å²) in [6.45, 7) is 5.80. The summed E-state index contributed by atoms with van der Waals surface area (Å²) in [5.74, 6) is 0.258. The third-order valence-electron chi connectivity index (χ3n) is 2.36. The second kappa shape index (κ2) is 5.56. The minimum atomic E-state index is -1.02. The maximum absolute atomic E-state index is 10.5. The van der Waals surface area contributed by atoms with Crippen LogP contribution in [0.1, 0.15) is 36.6 Å². The molecule has 15 heavy (non-hydrogen) atoms. The molecule has 0 saturated carbocycles. The predicted octanol–water partition coefficient (Wildman–Crippen LogP) is 2.11. The predicted molar refractivity (Wildman–Crippen MR) is 56.8 cm³/mol. The van der Waals surface area contributed by atoms with Crippen LogP contribution in [0.15, 0.2) is 16.5 Å². The quantitative estimate of drug-likeness (QED) is 0.756. The van der Waals surface area contributed by atoms with Crippen molar-refractivity contribution in [3.8, 4) is 0 Å². The molecule has 1 heterocycles. The molecule has 0 saturated heterocycles. The van der Waals surface area contributed by atoms with Gasteiger partial charge in [-0.15, -0.1) is 0 Å². The standard InChI is InChI=1S/C11H17NO3/c1-3-8(2)6-12-7-9-4-5-10(15-9)11(13)14/h4-5,8,12H,3,6-7H2,1-2H3,(H,13,14). The first-order valence-electron chi connectivity index (χ1n) is 5.16. The highest BCUT2D eigenvalue weighted by molar-refractivity contribution is 5.84. The van der Waals surface area contributed by atoms with Crippen LogP contribution in [0.3, 0.4) is 0 Å². The zero-order chi connectivity index (χ0) is 11.3. The van der Waals surface area contributed by atoms with Gasteiger partial charge in [-0.3, -0.25) is 0 Å². The average molecular weight is 211 g/mol. The molecule has 0 bridgehead atoms. The van der Waals surface area contributed by atoms with E-state index < -0.39 is 5.97 Å². The molecule has 0 fully saturated rings. The minimum absolute atomic E-state index is 0.00431. The molecule has 1 atom stereocenters. The van der Waals surface area contributed by atoms with Gasteiger partial charge >= 0.3 is 5.97 Å². The third-order valence-corrected chi connectivity index (χ3v) is 2.36. The summed E-state index contributed by atoms with van der Waals surface area (Å²) in [5.41, 5.74) is 0. The summed E-state index contributed by atoms with van der Waals surface area (Å²) in [5, 5.41) is 11.9. The molecule has 0 amide bonds. The molecule has 0 aliphatic heterocycles. The monoisotopic (exact) mass is 211 g/mol. The highest BCUT2D eigenvalue weighted by atomic mass is 16.4. The van der Waals surface area contributed by atoms with E-state index in [1.165, 1.54) is 6.07 Å². The van der Waals surface area contributed by atoms with E-state index >= 15 is 0 Å². The fourth-order valence-corrected chi connectivity index (χ4v) is 1.17. The van der Waals surface area contributed by atoms with Crippen molar-refractivity contribution in [3.63, 3.8) is 0 Å². The first-order chi connectivity index (χ1) is 7.13. The van der Waals surface area contributed by atoms with Crippen molar-refractivity contribution in [2.24, 2.45) is 5.92 Å². The number of hydrogen-bond acceptors (Lipinski definition) is 3. The molecular formula is C11H17NO3. The Morgan fingerprint density at radius 2 is 2.33 bits per heavy atom. The number of carboxylic acid groups (broad SMARTS) is 1. The molecule has 1 unspecified atom stereocenters. The zero-order valence-corrected chi connectivity index (χ0v) is 9.12. The number of carbonyl (C=O) groups is 1. The van der Waals surface area contributed by atoms with Gasteiger partial charge < -0.3 is 14.8 Å². The van der Waals surface area contributed by atoms with Crippen LogP contribution in [0.5, 0.6) is 0 Å². The van der Waals surface area contributed by atoms with E-state index in [-0.39, 0.29) is 5.76 Å².